The summed E-state index contributed by atoms with van der Waals surface area (Å²) in [6.45, 7) is 1.59. The van der Waals surface area contributed by atoms with Crippen molar-refractivity contribution in [2.24, 2.45) is 12.5 Å². The lowest BCUT2D eigenvalue weighted by atomic mass is 9.68. The summed E-state index contributed by atoms with van der Waals surface area (Å²) in [4.78, 5) is 39.5. The molecule has 6 heteroatoms. The third-order valence-electron chi connectivity index (χ3n) is 6.08. The first-order chi connectivity index (χ1) is 13.0. The Bertz CT molecular complexity index is 927. The third-order valence-corrected chi connectivity index (χ3v) is 6.08. The number of piperidine rings is 1. The second kappa shape index (κ2) is 6.68. The molecule has 6 nitrogen and oxygen atoms in total. The van der Waals surface area contributed by atoms with Crippen molar-refractivity contribution in [1.82, 2.24) is 14.8 Å². The minimum absolute atomic E-state index is 0.0825. The first-order valence-electron chi connectivity index (χ1n) is 9.31. The maximum absolute atomic E-state index is 12.8. The number of nitrogens with one attached hydrogen (secondary N) is 1. The summed E-state index contributed by atoms with van der Waals surface area (Å²) in [7, 11) is 1.64. The molecule has 2 fully saturated rings. The molecule has 1 atom stereocenters. The lowest BCUT2D eigenvalue weighted by molar-refractivity contribution is -0.130. The molecule has 0 bridgehead atoms. The first-order valence-corrected chi connectivity index (χ1v) is 9.31. The third kappa shape index (κ3) is 2.85. The molecule has 4 rings (SSSR count). The highest BCUT2D eigenvalue weighted by Gasteiger charge is 2.52. The molecular formula is C21H23N3O3. The summed E-state index contributed by atoms with van der Waals surface area (Å²) < 4.78 is 1.41. The van der Waals surface area contributed by atoms with Crippen LogP contribution < -0.4 is 10.9 Å². The largest absolute Gasteiger partial charge is 0.355 e. The van der Waals surface area contributed by atoms with Crippen LogP contribution in [0.25, 0.3) is 0 Å². The Morgan fingerprint density at radius 1 is 1.07 bits per heavy atom. The summed E-state index contributed by atoms with van der Waals surface area (Å²) >= 11 is 0. The van der Waals surface area contributed by atoms with Gasteiger partial charge in [0.25, 0.3) is 11.5 Å². The van der Waals surface area contributed by atoms with Crippen LogP contribution >= 0.6 is 0 Å². The fourth-order valence-electron chi connectivity index (χ4n) is 4.46. The number of aromatic nitrogens is 1. The van der Waals surface area contributed by atoms with Gasteiger partial charge in [-0.2, -0.15) is 0 Å². The Morgan fingerprint density at radius 3 is 2.48 bits per heavy atom. The average Bonchev–Trinajstić information content (AvgIpc) is 3.01. The van der Waals surface area contributed by atoms with Crippen LogP contribution in [-0.4, -0.2) is 40.9 Å². The highest BCUT2D eigenvalue weighted by Crippen LogP contribution is 2.47. The Morgan fingerprint density at radius 2 is 1.78 bits per heavy atom. The number of hydrogen-bond acceptors (Lipinski definition) is 3. The number of aryl methyl sites for hydroxylation is 1. The monoisotopic (exact) mass is 365 g/mol. The van der Waals surface area contributed by atoms with Crippen LogP contribution in [0.2, 0.25) is 0 Å². The van der Waals surface area contributed by atoms with E-state index < -0.39 is 5.41 Å². The zero-order valence-corrected chi connectivity index (χ0v) is 15.4. The van der Waals surface area contributed by atoms with Gasteiger partial charge >= 0.3 is 0 Å². The Labute approximate surface area is 157 Å². The molecule has 0 aliphatic carbocycles. The van der Waals surface area contributed by atoms with Crippen LogP contribution in [0.3, 0.4) is 0 Å². The van der Waals surface area contributed by atoms with Gasteiger partial charge in [-0.15, -0.1) is 0 Å². The molecule has 2 saturated heterocycles. The van der Waals surface area contributed by atoms with Gasteiger partial charge in [-0.3, -0.25) is 14.4 Å². The molecule has 2 aliphatic heterocycles. The Balaban J connectivity index is 1.55. The van der Waals surface area contributed by atoms with Crippen LogP contribution in [0, 0.1) is 5.41 Å². The van der Waals surface area contributed by atoms with Crippen molar-refractivity contribution in [1.29, 1.82) is 0 Å². The van der Waals surface area contributed by atoms with E-state index in [2.05, 4.69) is 17.4 Å². The maximum atomic E-state index is 12.8. The fraction of sp³-hybridized carbons (Fsp3) is 0.381. The van der Waals surface area contributed by atoms with Crippen molar-refractivity contribution in [2.45, 2.75) is 18.8 Å². The normalized spacial score (nSPS) is 21.3. The van der Waals surface area contributed by atoms with Gasteiger partial charge in [0.1, 0.15) is 5.56 Å². The molecule has 0 radical (unpaired) electrons. The molecule has 1 N–H and O–H groups in total. The second-order valence-electron chi connectivity index (χ2n) is 7.46. The minimum atomic E-state index is -0.472. The molecule has 27 heavy (non-hydrogen) atoms. The van der Waals surface area contributed by atoms with E-state index in [0.717, 1.165) is 5.56 Å². The van der Waals surface area contributed by atoms with E-state index in [0.29, 0.717) is 32.5 Å². The molecular weight excluding hydrogens is 342 g/mol. The van der Waals surface area contributed by atoms with Crippen LogP contribution in [0.1, 0.15) is 34.7 Å². The number of likely N-dealkylation sites (tertiary alicyclic amines) is 1. The fourth-order valence-corrected chi connectivity index (χ4v) is 4.46. The smallest absolute Gasteiger partial charge is 0.263 e. The van der Waals surface area contributed by atoms with Gasteiger partial charge in [0, 0.05) is 38.8 Å². The molecule has 1 aromatic carbocycles. The number of benzene rings is 1. The molecule has 1 unspecified atom stereocenters. The number of amides is 2. The van der Waals surface area contributed by atoms with Gasteiger partial charge < -0.3 is 14.8 Å². The highest BCUT2D eigenvalue weighted by molar-refractivity contribution is 5.94. The van der Waals surface area contributed by atoms with Crippen molar-refractivity contribution in [3.63, 3.8) is 0 Å². The zero-order chi connectivity index (χ0) is 19.0. The number of carbonyl (C=O) groups is 2. The molecule has 3 heterocycles. The topological polar surface area (TPSA) is 71.4 Å². The number of pyridine rings is 1. The summed E-state index contributed by atoms with van der Waals surface area (Å²) in [5.41, 5.74) is 0.585. The molecule has 1 aromatic heterocycles. The lowest BCUT2D eigenvalue weighted by Crippen LogP contribution is -2.48. The average molecular weight is 365 g/mol. The summed E-state index contributed by atoms with van der Waals surface area (Å²) in [5.74, 6) is -0.0483. The van der Waals surface area contributed by atoms with E-state index in [1.54, 1.807) is 30.3 Å². The Kier molecular flexibility index (Phi) is 4.34. The van der Waals surface area contributed by atoms with Gasteiger partial charge in [-0.25, -0.2) is 0 Å². The van der Waals surface area contributed by atoms with Crippen LogP contribution in [0.4, 0.5) is 0 Å². The van der Waals surface area contributed by atoms with Crippen molar-refractivity contribution < 1.29 is 9.59 Å². The number of carbonyl (C=O) groups excluding carboxylic acids is 2. The quantitative estimate of drug-likeness (QED) is 0.877. The zero-order valence-electron chi connectivity index (χ0n) is 15.4. The van der Waals surface area contributed by atoms with Gasteiger partial charge in [0.05, 0.1) is 5.41 Å². The molecule has 2 aromatic rings. The van der Waals surface area contributed by atoms with Gasteiger partial charge in [0.15, 0.2) is 0 Å². The van der Waals surface area contributed by atoms with E-state index in [4.69, 9.17) is 0 Å². The first kappa shape index (κ1) is 17.5. The van der Waals surface area contributed by atoms with E-state index in [9.17, 15) is 14.4 Å². The summed E-state index contributed by atoms with van der Waals surface area (Å²) in [5, 5.41) is 3.03. The molecule has 2 aliphatic rings. The van der Waals surface area contributed by atoms with Crippen molar-refractivity contribution in [3.8, 4) is 0 Å². The summed E-state index contributed by atoms with van der Waals surface area (Å²) in [6, 6.07) is 13.4. The maximum Gasteiger partial charge on any atom is 0.263 e. The predicted octanol–water partition coefficient (Wildman–Crippen LogP) is 1.52. The summed E-state index contributed by atoms with van der Waals surface area (Å²) in [6.07, 6.45) is 2.85. The molecule has 2 amide bonds. The number of nitrogens with zero attached hydrogens (tertiary/aromatic N) is 2. The van der Waals surface area contributed by atoms with Crippen molar-refractivity contribution in [2.75, 3.05) is 19.6 Å². The Hall–Kier alpha value is -2.89. The van der Waals surface area contributed by atoms with Crippen molar-refractivity contribution >= 4 is 11.8 Å². The van der Waals surface area contributed by atoms with Crippen LogP contribution in [0.5, 0.6) is 0 Å². The molecule has 1 spiro atoms. The standard InChI is InChI=1S/C21H23N3O3/c1-23-11-5-8-16(18(23)25)19(26)24-12-9-21(10-13-24)17(14-22-20(21)27)15-6-3-2-4-7-15/h2-8,11,17H,9-10,12-14H2,1H3,(H,22,27). The van der Waals surface area contributed by atoms with E-state index in [-0.39, 0.29) is 28.9 Å². The lowest BCUT2D eigenvalue weighted by Gasteiger charge is -2.41. The van der Waals surface area contributed by atoms with E-state index >= 15 is 0 Å². The molecule has 0 saturated carbocycles. The van der Waals surface area contributed by atoms with Gasteiger partial charge in [0.2, 0.25) is 5.91 Å². The van der Waals surface area contributed by atoms with Crippen LogP contribution in [0.15, 0.2) is 53.5 Å². The number of hydrogen-bond donors (Lipinski definition) is 1. The van der Waals surface area contributed by atoms with Gasteiger partial charge in [-0.05, 0) is 30.5 Å². The molecule has 140 valence electrons. The highest BCUT2D eigenvalue weighted by atomic mass is 16.2. The SMILES string of the molecule is Cn1cccc(C(=O)N2CCC3(CC2)C(=O)NCC3c2ccccc2)c1=O. The van der Waals surface area contributed by atoms with Crippen molar-refractivity contribution in [3.05, 3.63) is 70.1 Å². The number of rotatable bonds is 2. The van der Waals surface area contributed by atoms with Gasteiger partial charge in [-0.1, -0.05) is 30.3 Å². The van der Waals surface area contributed by atoms with E-state index in [1.165, 1.54) is 4.57 Å². The van der Waals surface area contributed by atoms with E-state index in [1.807, 2.05) is 18.2 Å². The second-order valence-corrected chi connectivity index (χ2v) is 7.46. The predicted molar refractivity (Wildman–Crippen MR) is 101 cm³/mol. The van der Waals surface area contributed by atoms with Crippen LogP contribution in [-0.2, 0) is 11.8 Å². The minimum Gasteiger partial charge on any atom is -0.355 e.